The maximum atomic E-state index is 13.6. The van der Waals surface area contributed by atoms with E-state index in [1.165, 1.54) is 40.5 Å². The second-order valence-corrected chi connectivity index (χ2v) is 7.08. The molecule has 1 atom stereocenters. The van der Waals surface area contributed by atoms with Crippen LogP contribution < -0.4 is 9.64 Å². The molecule has 1 aliphatic heterocycles. The van der Waals surface area contributed by atoms with Gasteiger partial charge in [0.2, 0.25) is 0 Å². The monoisotopic (exact) mass is 390 g/mol. The number of fused-ring (bicyclic) bond motifs is 2. The van der Waals surface area contributed by atoms with Gasteiger partial charge in [-0.3, -0.25) is 14.5 Å². The van der Waals surface area contributed by atoms with Gasteiger partial charge < -0.3 is 9.84 Å². The number of carbonyl (C=O) groups is 2. The molecule has 0 fully saturated rings. The summed E-state index contributed by atoms with van der Waals surface area (Å²) in [6, 6.07) is 7.89. The van der Waals surface area contributed by atoms with Crippen LogP contribution >= 0.6 is 11.3 Å². The zero-order valence-corrected chi connectivity index (χ0v) is 14.5. The number of hydrogen-bond acceptors (Lipinski definition) is 5. The zero-order valence-electron chi connectivity index (χ0n) is 13.7. The maximum Gasteiger partial charge on any atom is 0.307 e. The fraction of sp³-hybridized carbons (Fsp3) is 0.167. The molecule has 138 valence electrons. The normalized spacial score (nSPS) is 16.3. The number of hydrogen-bond donors (Lipinski definition) is 1. The Bertz CT molecular complexity index is 1070. The highest BCUT2D eigenvalue weighted by Crippen LogP contribution is 2.37. The highest BCUT2D eigenvalue weighted by Gasteiger charge is 2.36. The number of thiazole rings is 1. The maximum absolute atomic E-state index is 13.6. The molecule has 1 aliphatic rings. The van der Waals surface area contributed by atoms with Crippen LogP contribution in [0.4, 0.5) is 14.5 Å². The van der Waals surface area contributed by atoms with Gasteiger partial charge in [-0.1, -0.05) is 0 Å². The number of carbonyl (C=O) groups excluding carboxylic acids is 1. The molecule has 0 spiro atoms. The van der Waals surface area contributed by atoms with Crippen molar-refractivity contribution in [3.05, 3.63) is 53.0 Å². The molecule has 4 rings (SSSR count). The lowest BCUT2D eigenvalue weighted by Crippen LogP contribution is -2.46. The van der Waals surface area contributed by atoms with Gasteiger partial charge in [0.25, 0.3) is 5.91 Å². The lowest BCUT2D eigenvalue weighted by atomic mass is 10.1. The largest absolute Gasteiger partial charge is 0.481 e. The first-order valence-electron chi connectivity index (χ1n) is 7.95. The van der Waals surface area contributed by atoms with Crippen molar-refractivity contribution < 1.29 is 28.2 Å². The van der Waals surface area contributed by atoms with Crippen molar-refractivity contribution in [1.82, 2.24) is 4.98 Å². The van der Waals surface area contributed by atoms with Crippen LogP contribution in [0.3, 0.4) is 0 Å². The molecule has 0 saturated heterocycles. The van der Waals surface area contributed by atoms with Gasteiger partial charge in [-0.25, -0.2) is 13.8 Å². The first kappa shape index (κ1) is 17.3. The molecule has 9 heteroatoms. The van der Waals surface area contributed by atoms with Crippen LogP contribution in [0, 0.1) is 11.6 Å². The standard InChI is InChI=1S/C18H12F2N2O4S/c19-9-2-4-12-13(5-9)26-14(7-17(23)24)18(25)22(12)8-16-21-11-3-1-10(20)6-15(11)27-16/h1-6,14H,7-8H2,(H,23,24). The summed E-state index contributed by atoms with van der Waals surface area (Å²) in [6.07, 6.45) is -1.81. The number of carboxylic acid groups (broad SMARTS) is 1. The van der Waals surface area contributed by atoms with E-state index in [9.17, 15) is 18.4 Å². The molecule has 0 saturated carbocycles. The second-order valence-electron chi connectivity index (χ2n) is 5.96. The number of ether oxygens (including phenoxy) is 1. The van der Waals surface area contributed by atoms with Crippen LogP contribution in [0.1, 0.15) is 11.4 Å². The molecular weight excluding hydrogens is 378 g/mol. The zero-order chi connectivity index (χ0) is 19.1. The van der Waals surface area contributed by atoms with Crippen LogP contribution in [0.2, 0.25) is 0 Å². The average molecular weight is 390 g/mol. The summed E-state index contributed by atoms with van der Waals surface area (Å²) in [5, 5.41) is 9.55. The van der Waals surface area contributed by atoms with Gasteiger partial charge in [-0.15, -0.1) is 11.3 Å². The Morgan fingerprint density at radius 3 is 2.74 bits per heavy atom. The van der Waals surface area contributed by atoms with E-state index in [4.69, 9.17) is 9.84 Å². The quantitative estimate of drug-likeness (QED) is 0.739. The fourth-order valence-electron chi connectivity index (χ4n) is 2.90. The van der Waals surface area contributed by atoms with Crippen molar-refractivity contribution in [3.8, 4) is 5.75 Å². The average Bonchev–Trinajstić information content (AvgIpc) is 2.99. The van der Waals surface area contributed by atoms with E-state index in [-0.39, 0.29) is 18.1 Å². The highest BCUT2D eigenvalue weighted by atomic mass is 32.1. The number of carboxylic acids is 1. The van der Waals surface area contributed by atoms with Crippen LogP contribution in [-0.4, -0.2) is 28.1 Å². The van der Waals surface area contributed by atoms with Crippen molar-refractivity contribution >= 4 is 39.1 Å². The molecule has 1 N–H and O–H groups in total. The van der Waals surface area contributed by atoms with Crippen molar-refractivity contribution in [2.75, 3.05) is 4.90 Å². The van der Waals surface area contributed by atoms with E-state index in [0.29, 0.717) is 20.9 Å². The number of halogens is 2. The molecule has 1 aromatic heterocycles. The minimum Gasteiger partial charge on any atom is -0.481 e. The SMILES string of the molecule is O=C(O)CC1Oc2cc(F)ccc2N(Cc2nc3ccc(F)cc3s2)C1=O. The minimum absolute atomic E-state index is 0.0396. The summed E-state index contributed by atoms with van der Waals surface area (Å²) >= 11 is 1.22. The summed E-state index contributed by atoms with van der Waals surface area (Å²) in [7, 11) is 0. The van der Waals surface area contributed by atoms with E-state index in [1.54, 1.807) is 6.07 Å². The van der Waals surface area contributed by atoms with E-state index >= 15 is 0 Å². The summed E-state index contributed by atoms with van der Waals surface area (Å²) in [4.78, 5) is 29.5. The van der Waals surface area contributed by atoms with Crippen molar-refractivity contribution in [2.24, 2.45) is 0 Å². The first-order chi connectivity index (χ1) is 12.9. The Morgan fingerprint density at radius 1 is 1.22 bits per heavy atom. The van der Waals surface area contributed by atoms with Gasteiger partial charge in [0.05, 0.1) is 28.9 Å². The molecule has 0 radical (unpaired) electrons. The van der Waals surface area contributed by atoms with E-state index in [1.807, 2.05) is 0 Å². The predicted octanol–water partition coefficient (Wildman–Crippen LogP) is 3.34. The Kier molecular flexibility index (Phi) is 4.23. The van der Waals surface area contributed by atoms with E-state index in [0.717, 1.165) is 6.07 Å². The predicted molar refractivity (Wildman–Crippen MR) is 93.8 cm³/mol. The molecular formula is C18H12F2N2O4S. The molecule has 1 amide bonds. The number of anilines is 1. The Hall–Kier alpha value is -3.07. The van der Waals surface area contributed by atoms with E-state index < -0.39 is 30.2 Å². The van der Waals surface area contributed by atoms with Gasteiger partial charge >= 0.3 is 5.97 Å². The van der Waals surface area contributed by atoms with Crippen molar-refractivity contribution in [1.29, 1.82) is 0 Å². The van der Waals surface area contributed by atoms with E-state index in [2.05, 4.69) is 4.98 Å². The molecule has 0 aliphatic carbocycles. The number of benzene rings is 2. The van der Waals surface area contributed by atoms with Gasteiger partial charge in [0, 0.05) is 6.07 Å². The fourth-order valence-corrected chi connectivity index (χ4v) is 3.88. The second kappa shape index (κ2) is 6.58. The van der Waals surface area contributed by atoms with Crippen molar-refractivity contribution in [2.45, 2.75) is 19.1 Å². The molecule has 27 heavy (non-hydrogen) atoms. The van der Waals surface area contributed by atoms with Crippen LogP contribution in [0.15, 0.2) is 36.4 Å². The van der Waals surface area contributed by atoms with Gasteiger partial charge in [-0.2, -0.15) is 0 Å². The number of rotatable bonds is 4. The molecule has 1 unspecified atom stereocenters. The highest BCUT2D eigenvalue weighted by molar-refractivity contribution is 7.18. The smallest absolute Gasteiger partial charge is 0.307 e. The summed E-state index contributed by atoms with van der Waals surface area (Å²) in [5.74, 6) is -2.62. The van der Waals surface area contributed by atoms with Gasteiger partial charge in [0.15, 0.2) is 6.10 Å². The molecule has 2 aromatic carbocycles. The third-order valence-corrected chi connectivity index (χ3v) is 5.07. The molecule has 6 nitrogen and oxygen atoms in total. The van der Waals surface area contributed by atoms with Gasteiger partial charge in [0.1, 0.15) is 22.4 Å². The van der Waals surface area contributed by atoms with Crippen LogP contribution in [0.25, 0.3) is 10.2 Å². The third-order valence-electron chi connectivity index (χ3n) is 4.07. The summed E-state index contributed by atoms with van der Waals surface area (Å²) < 4.78 is 33.0. The summed E-state index contributed by atoms with van der Waals surface area (Å²) in [5.41, 5.74) is 0.923. The molecule has 3 aromatic rings. The Morgan fingerprint density at radius 2 is 1.96 bits per heavy atom. The lowest BCUT2D eigenvalue weighted by molar-refractivity contribution is -0.142. The number of nitrogens with zero attached hydrogens (tertiary/aromatic N) is 2. The Labute approximate surface area is 155 Å². The third kappa shape index (κ3) is 3.33. The van der Waals surface area contributed by atoms with Crippen LogP contribution in [0.5, 0.6) is 5.75 Å². The first-order valence-corrected chi connectivity index (χ1v) is 8.77. The minimum atomic E-state index is -1.26. The lowest BCUT2D eigenvalue weighted by Gasteiger charge is -2.33. The molecule has 0 bridgehead atoms. The Balaban J connectivity index is 1.72. The summed E-state index contributed by atoms with van der Waals surface area (Å²) in [6.45, 7) is 0.0396. The topological polar surface area (TPSA) is 79.7 Å². The number of amides is 1. The van der Waals surface area contributed by atoms with Gasteiger partial charge in [-0.05, 0) is 30.3 Å². The number of aliphatic carboxylic acids is 1. The molecule has 2 heterocycles. The van der Waals surface area contributed by atoms with Crippen LogP contribution in [-0.2, 0) is 16.1 Å². The number of aromatic nitrogens is 1. The van der Waals surface area contributed by atoms with Crippen molar-refractivity contribution in [3.63, 3.8) is 0 Å².